The minimum Gasteiger partial charge on any atom is -0.444 e. The zero-order valence-electron chi connectivity index (χ0n) is 23.3. The number of benzene rings is 1. The predicted octanol–water partition coefficient (Wildman–Crippen LogP) is 2.59. The van der Waals surface area contributed by atoms with Gasteiger partial charge in [0.25, 0.3) is 5.91 Å². The van der Waals surface area contributed by atoms with Gasteiger partial charge in [0.15, 0.2) is 0 Å². The topological polar surface area (TPSA) is 135 Å². The van der Waals surface area contributed by atoms with Gasteiger partial charge in [0.2, 0.25) is 11.7 Å². The van der Waals surface area contributed by atoms with Crippen molar-refractivity contribution in [2.24, 2.45) is 0 Å². The average molecular weight is 613 g/mol. The number of hydrogen-bond acceptors (Lipinski definition) is 8. The standard InChI is InChI=1S/C28H32F4N4O7/c1-2-3-20(23(37)25(39)33-18-4-5-18)34-24(38)22-12-27(14-36(22)26(40)42-19-6-7-41-13-19)11-21(35-43-27)15-8-16(28(30,31)32)10-17(29)9-15/h8-11,18-20,22,35H,2-7,12-14H2,1H3,(H,33,39)(H,34,38)/t19-,20-,22-,27+/m0/s1. The van der Waals surface area contributed by atoms with Gasteiger partial charge in [-0.2, -0.15) is 13.2 Å². The molecule has 43 heavy (non-hydrogen) atoms. The number of rotatable bonds is 9. The Balaban J connectivity index is 1.38. The van der Waals surface area contributed by atoms with Crippen molar-refractivity contribution in [1.29, 1.82) is 0 Å². The van der Waals surface area contributed by atoms with E-state index in [2.05, 4.69) is 16.1 Å². The number of halogens is 4. The number of ketones is 1. The number of carbonyl (C=O) groups is 4. The molecular weight excluding hydrogens is 580 g/mol. The Labute approximate surface area is 244 Å². The molecule has 1 aromatic rings. The smallest absolute Gasteiger partial charge is 0.416 e. The van der Waals surface area contributed by atoms with Crippen molar-refractivity contribution in [2.45, 2.75) is 81.5 Å². The molecule has 3 aliphatic heterocycles. The number of amides is 3. The Morgan fingerprint density at radius 2 is 1.95 bits per heavy atom. The number of hydrogen-bond donors (Lipinski definition) is 3. The molecule has 3 fully saturated rings. The molecule has 15 heteroatoms. The highest BCUT2D eigenvalue weighted by molar-refractivity contribution is 6.38. The molecular formula is C28H32F4N4O7. The lowest BCUT2D eigenvalue weighted by Gasteiger charge is -2.26. The molecule has 2 saturated heterocycles. The van der Waals surface area contributed by atoms with Gasteiger partial charge >= 0.3 is 12.3 Å². The lowest BCUT2D eigenvalue weighted by Crippen LogP contribution is -2.53. The maximum absolute atomic E-state index is 14.1. The van der Waals surface area contributed by atoms with Crippen LogP contribution in [0, 0.1) is 5.82 Å². The van der Waals surface area contributed by atoms with E-state index in [0.717, 1.165) is 29.9 Å². The lowest BCUT2D eigenvalue weighted by atomic mass is 9.96. The quantitative estimate of drug-likeness (QED) is 0.286. The normalized spacial score (nSPS) is 25.7. The number of hydroxylamine groups is 1. The maximum Gasteiger partial charge on any atom is 0.416 e. The second-order valence-corrected chi connectivity index (χ2v) is 11.2. The Bertz CT molecular complexity index is 1310. The van der Waals surface area contributed by atoms with E-state index >= 15 is 0 Å². The van der Waals surface area contributed by atoms with Gasteiger partial charge in [-0.1, -0.05) is 13.3 Å². The molecule has 11 nitrogen and oxygen atoms in total. The first-order valence-electron chi connectivity index (χ1n) is 14.1. The molecule has 3 amide bonds. The maximum atomic E-state index is 14.1. The fourth-order valence-electron chi connectivity index (χ4n) is 5.32. The molecule has 4 aliphatic rings. The summed E-state index contributed by atoms with van der Waals surface area (Å²) in [6, 6.07) is -0.417. The number of ether oxygens (including phenoxy) is 2. The number of Topliss-reactive ketones (excluding diaryl/α,β-unsaturated/α-hetero) is 1. The van der Waals surface area contributed by atoms with Gasteiger partial charge < -0.3 is 20.1 Å². The molecule has 5 rings (SSSR count). The van der Waals surface area contributed by atoms with Gasteiger partial charge in [0.1, 0.15) is 23.6 Å². The van der Waals surface area contributed by atoms with Crippen LogP contribution in [-0.2, 0) is 34.9 Å². The molecule has 0 aromatic heterocycles. The number of nitrogens with zero attached hydrogens (tertiary/aromatic N) is 1. The first kappa shape index (κ1) is 30.7. The van der Waals surface area contributed by atoms with E-state index in [4.69, 9.17) is 14.3 Å². The molecule has 1 aromatic carbocycles. The van der Waals surface area contributed by atoms with Crippen LogP contribution in [-0.4, -0.2) is 78.2 Å². The highest BCUT2D eigenvalue weighted by Gasteiger charge is 2.53. The first-order valence-corrected chi connectivity index (χ1v) is 14.1. The van der Waals surface area contributed by atoms with Gasteiger partial charge in [-0.15, -0.1) is 0 Å². The van der Waals surface area contributed by atoms with E-state index in [9.17, 15) is 36.7 Å². The minimum absolute atomic E-state index is 0.0133. The monoisotopic (exact) mass is 612 g/mol. The van der Waals surface area contributed by atoms with E-state index in [1.807, 2.05) is 0 Å². The molecule has 234 valence electrons. The second-order valence-electron chi connectivity index (χ2n) is 11.2. The third-order valence-electron chi connectivity index (χ3n) is 7.70. The van der Waals surface area contributed by atoms with Crippen LogP contribution < -0.4 is 16.1 Å². The Hall–Kier alpha value is -3.72. The lowest BCUT2D eigenvalue weighted by molar-refractivity contribution is -0.140. The second kappa shape index (κ2) is 12.1. The summed E-state index contributed by atoms with van der Waals surface area (Å²) in [5, 5.41) is 5.21. The SMILES string of the molecule is CCC[C@H](NC(=O)[C@@H]1C[C@]2(C=C(c3cc(F)cc(C(F)(F)F)c3)NO2)CN1C(=O)O[C@H]1CCOC1)C(=O)C(=O)NC1CC1. The fourth-order valence-corrected chi connectivity index (χ4v) is 5.32. The number of alkyl halides is 3. The molecule has 0 bridgehead atoms. The molecule has 1 saturated carbocycles. The summed E-state index contributed by atoms with van der Waals surface area (Å²) in [5.41, 5.74) is -0.224. The van der Waals surface area contributed by atoms with Gasteiger partial charge in [-0.05, 0) is 43.5 Å². The molecule has 1 aliphatic carbocycles. The molecule has 3 heterocycles. The van der Waals surface area contributed by atoms with E-state index in [-0.39, 0.29) is 43.3 Å². The van der Waals surface area contributed by atoms with E-state index in [1.165, 1.54) is 6.08 Å². The summed E-state index contributed by atoms with van der Waals surface area (Å²) >= 11 is 0. The number of likely N-dealkylation sites (tertiary alicyclic amines) is 1. The molecule has 0 unspecified atom stereocenters. The summed E-state index contributed by atoms with van der Waals surface area (Å²) in [6.45, 7) is 2.10. The van der Waals surface area contributed by atoms with Crippen LogP contribution in [0.5, 0.6) is 0 Å². The summed E-state index contributed by atoms with van der Waals surface area (Å²) in [6.07, 6.45) is -2.33. The van der Waals surface area contributed by atoms with Crippen molar-refractivity contribution in [3.8, 4) is 0 Å². The van der Waals surface area contributed by atoms with Gasteiger partial charge in [0, 0.05) is 24.4 Å². The van der Waals surface area contributed by atoms with Crippen molar-refractivity contribution in [1.82, 2.24) is 21.0 Å². The van der Waals surface area contributed by atoms with Crippen molar-refractivity contribution in [3.05, 3.63) is 41.2 Å². The van der Waals surface area contributed by atoms with Crippen LogP contribution in [0.15, 0.2) is 24.3 Å². The first-order chi connectivity index (χ1) is 20.4. The number of carbonyl (C=O) groups excluding carboxylic acids is 4. The van der Waals surface area contributed by atoms with Crippen LogP contribution in [0.4, 0.5) is 22.4 Å². The van der Waals surface area contributed by atoms with Crippen LogP contribution in [0.2, 0.25) is 0 Å². The Morgan fingerprint density at radius 3 is 2.60 bits per heavy atom. The third-order valence-corrected chi connectivity index (χ3v) is 7.70. The molecule has 4 atom stereocenters. The largest absolute Gasteiger partial charge is 0.444 e. The van der Waals surface area contributed by atoms with Crippen LogP contribution in [0.3, 0.4) is 0 Å². The molecule has 1 spiro atoms. The Morgan fingerprint density at radius 1 is 1.19 bits per heavy atom. The van der Waals surface area contributed by atoms with Crippen molar-refractivity contribution >= 4 is 29.4 Å². The molecule has 0 radical (unpaired) electrons. The van der Waals surface area contributed by atoms with E-state index < -0.39 is 65.0 Å². The zero-order valence-corrected chi connectivity index (χ0v) is 23.3. The van der Waals surface area contributed by atoms with Gasteiger partial charge in [-0.25, -0.2) is 9.18 Å². The number of nitrogens with one attached hydrogen (secondary N) is 3. The van der Waals surface area contributed by atoms with Crippen molar-refractivity contribution < 1.29 is 51.1 Å². The summed E-state index contributed by atoms with van der Waals surface area (Å²) in [5.74, 6) is -3.46. The van der Waals surface area contributed by atoms with Gasteiger partial charge in [-0.3, -0.25) is 29.6 Å². The summed E-state index contributed by atoms with van der Waals surface area (Å²) < 4.78 is 64.8. The summed E-state index contributed by atoms with van der Waals surface area (Å²) in [4.78, 5) is 59.0. The predicted molar refractivity (Wildman–Crippen MR) is 140 cm³/mol. The third kappa shape index (κ3) is 7.09. The van der Waals surface area contributed by atoms with Gasteiger partial charge in [0.05, 0.1) is 37.1 Å². The van der Waals surface area contributed by atoms with Crippen molar-refractivity contribution in [3.63, 3.8) is 0 Å². The van der Waals surface area contributed by atoms with Crippen molar-refractivity contribution in [2.75, 3.05) is 19.8 Å². The summed E-state index contributed by atoms with van der Waals surface area (Å²) in [7, 11) is 0. The fraction of sp³-hybridized carbons (Fsp3) is 0.571. The van der Waals surface area contributed by atoms with Crippen LogP contribution in [0.25, 0.3) is 5.70 Å². The molecule has 3 N–H and O–H groups in total. The highest BCUT2D eigenvalue weighted by atomic mass is 19.4. The van der Waals surface area contributed by atoms with Crippen LogP contribution in [0.1, 0.15) is 56.6 Å². The van der Waals surface area contributed by atoms with Crippen LogP contribution >= 0.6 is 0 Å². The highest BCUT2D eigenvalue weighted by Crippen LogP contribution is 2.39. The van der Waals surface area contributed by atoms with E-state index in [0.29, 0.717) is 25.5 Å². The minimum atomic E-state index is -4.79. The van der Waals surface area contributed by atoms with E-state index in [1.54, 1.807) is 6.92 Å². The Kier molecular flexibility index (Phi) is 8.65. The average Bonchev–Trinajstić information content (AvgIpc) is 3.32. The zero-order chi connectivity index (χ0) is 30.9.